The highest BCUT2D eigenvalue weighted by Gasteiger charge is 2.16. The molecule has 0 radical (unpaired) electrons. The molecule has 0 bridgehead atoms. The Morgan fingerprint density at radius 3 is 2.42 bits per heavy atom. The van der Waals surface area contributed by atoms with Crippen molar-refractivity contribution in [2.75, 3.05) is 12.4 Å². The number of methoxy groups -OCH3 is 1. The molecule has 2 N–H and O–H groups in total. The second-order valence-electron chi connectivity index (χ2n) is 6.74. The van der Waals surface area contributed by atoms with Crippen molar-refractivity contribution in [1.29, 1.82) is 0 Å². The van der Waals surface area contributed by atoms with Gasteiger partial charge in [-0.3, -0.25) is 9.59 Å². The van der Waals surface area contributed by atoms with Gasteiger partial charge in [-0.25, -0.2) is 10.2 Å². The molecule has 0 aliphatic carbocycles. The summed E-state index contributed by atoms with van der Waals surface area (Å²) in [6.07, 6.45) is 1.28. The monoisotopic (exact) mass is 509 g/mol. The maximum absolute atomic E-state index is 12.6. The molecule has 9 heteroatoms. The summed E-state index contributed by atoms with van der Waals surface area (Å²) in [5.41, 5.74) is 4.13. The van der Waals surface area contributed by atoms with Gasteiger partial charge in [-0.15, -0.1) is 0 Å². The Kier molecular flexibility index (Phi) is 7.93. The lowest BCUT2D eigenvalue weighted by molar-refractivity contribution is -0.136. The van der Waals surface area contributed by atoms with E-state index in [1.54, 1.807) is 54.6 Å². The third-order valence-corrected chi connectivity index (χ3v) is 4.96. The summed E-state index contributed by atoms with van der Waals surface area (Å²) in [4.78, 5) is 36.8. The Balaban J connectivity index is 1.68. The van der Waals surface area contributed by atoms with Gasteiger partial charge in [0.25, 0.3) is 0 Å². The Bertz CT molecular complexity index is 1230. The number of rotatable bonds is 6. The highest BCUT2D eigenvalue weighted by atomic mass is 79.9. The summed E-state index contributed by atoms with van der Waals surface area (Å²) in [6, 6.07) is 18.7. The first-order valence-corrected chi connectivity index (χ1v) is 10.5. The third-order valence-electron chi connectivity index (χ3n) is 4.47. The van der Waals surface area contributed by atoms with Gasteiger partial charge in [0.05, 0.1) is 24.6 Å². The van der Waals surface area contributed by atoms with E-state index in [0.717, 1.165) is 5.56 Å². The fraction of sp³-hybridized carbons (Fsp3) is 0.0833. The van der Waals surface area contributed by atoms with Crippen molar-refractivity contribution in [2.45, 2.75) is 6.92 Å². The summed E-state index contributed by atoms with van der Waals surface area (Å²) in [5.74, 6) is -1.77. The number of halogens is 1. The number of benzene rings is 3. The first-order chi connectivity index (χ1) is 15.9. The van der Waals surface area contributed by atoms with Crippen molar-refractivity contribution in [3.05, 3.63) is 87.9 Å². The van der Waals surface area contributed by atoms with Crippen LogP contribution < -0.4 is 20.2 Å². The molecule has 0 atom stereocenters. The van der Waals surface area contributed by atoms with Crippen LogP contribution in [0.3, 0.4) is 0 Å². The van der Waals surface area contributed by atoms with Crippen LogP contribution in [0.4, 0.5) is 5.69 Å². The fourth-order valence-electron chi connectivity index (χ4n) is 2.81. The minimum absolute atomic E-state index is 0.239. The van der Waals surface area contributed by atoms with Gasteiger partial charge in [0, 0.05) is 10.0 Å². The molecule has 3 rings (SSSR count). The molecule has 0 unspecified atom stereocenters. The summed E-state index contributed by atoms with van der Waals surface area (Å²) in [5, 5.41) is 6.27. The minimum atomic E-state index is -0.981. The highest BCUT2D eigenvalue weighted by molar-refractivity contribution is 9.10. The number of carbonyl (C=O) groups excluding carboxylic acids is 3. The number of aryl methyl sites for hydroxylation is 1. The largest absolute Gasteiger partial charge is 0.495 e. The van der Waals surface area contributed by atoms with Gasteiger partial charge in [0.15, 0.2) is 0 Å². The molecule has 0 aliphatic heterocycles. The summed E-state index contributed by atoms with van der Waals surface area (Å²) in [7, 11) is 1.46. The molecule has 3 aromatic rings. The maximum Gasteiger partial charge on any atom is 0.343 e. The number of carbonyl (C=O) groups is 3. The second-order valence-corrected chi connectivity index (χ2v) is 7.66. The van der Waals surface area contributed by atoms with Crippen LogP contribution in [0.1, 0.15) is 21.5 Å². The van der Waals surface area contributed by atoms with E-state index in [-0.39, 0.29) is 5.75 Å². The van der Waals surface area contributed by atoms with E-state index in [9.17, 15) is 14.4 Å². The molecular formula is C24H20BrN3O5. The standard InChI is InChI=1S/C24H20BrN3O5/c1-15-7-3-4-8-18(15)24(31)33-20-12-11-17(25)13-16(20)14-26-28-23(30)22(29)27-19-9-5-6-10-21(19)32-2/h3-14H,1-2H3,(H,27,29)(H,28,30)/b26-14+. The van der Waals surface area contributed by atoms with Crippen LogP contribution in [0.5, 0.6) is 11.5 Å². The molecule has 0 fully saturated rings. The predicted octanol–water partition coefficient (Wildman–Crippen LogP) is 4.07. The smallest absolute Gasteiger partial charge is 0.343 e. The number of hydrogen-bond donors (Lipinski definition) is 2. The number of esters is 1. The zero-order valence-corrected chi connectivity index (χ0v) is 19.4. The third kappa shape index (κ3) is 6.27. The zero-order chi connectivity index (χ0) is 23.8. The normalized spacial score (nSPS) is 10.5. The van der Waals surface area contributed by atoms with Crippen LogP contribution in [0.25, 0.3) is 0 Å². The van der Waals surface area contributed by atoms with Gasteiger partial charge in [0.1, 0.15) is 11.5 Å². The zero-order valence-electron chi connectivity index (χ0n) is 17.8. The number of ether oxygens (including phenoxy) is 2. The number of amides is 2. The molecule has 0 aromatic heterocycles. The Morgan fingerprint density at radius 1 is 0.939 bits per heavy atom. The Labute approximate surface area is 198 Å². The number of hydrogen-bond acceptors (Lipinski definition) is 6. The van der Waals surface area contributed by atoms with Gasteiger partial charge in [0.2, 0.25) is 0 Å². The predicted molar refractivity (Wildman–Crippen MR) is 128 cm³/mol. The summed E-state index contributed by atoms with van der Waals surface area (Å²) in [6.45, 7) is 1.81. The first kappa shape index (κ1) is 23.7. The molecule has 3 aromatic carbocycles. The Hall–Kier alpha value is -3.98. The summed E-state index contributed by atoms with van der Waals surface area (Å²) >= 11 is 3.35. The van der Waals surface area contributed by atoms with Crippen molar-refractivity contribution in [2.24, 2.45) is 5.10 Å². The van der Waals surface area contributed by atoms with Gasteiger partial charge >= 0.3 is 17.8 Å². The fourth-order valence-corrected chi connectivity index (χ4v) is 3.19. The van der Waals surface area contributed by atoms with Crippen molar-refractivity contribution in [3.63, 3.8) is 0 Å². The summed E-state index contributed by atoms with van der Waals surface area (Å²) < 4.78 is 11.4. The van der Waals surface area contributed by atoms with Crippen molar-refractivity contribution in [3.8, 4) is 11.5 Å². The lowest BCUT2D eigenvalue weighted by Crippen LogP contribution is -2.32. The topological polar surface area (TPSA) is 106 Å². The van der Waals surface area contributed by atoms with E-state index in [1.165, 1.54) is 13.3 Å². The molecule has 168 valence electrons. The average Bonchev–Trinajstić information content (AvgIpc) is 2.81. The van der Waals surface area contributed by atoms with Gasteiger partial charge in [-0.1, -0.05) is 46.3 Å². The van der Waals surface area contributed by atoms with Crippen molar-refractivity contribution < 1.29 is 23.9 Å². The second kappa shape index (κ2) is 11.1. The molecule has 8 nitrogen and oxygen atoms in total. The quantitative estimate of drug-likeness (QED) is 0.171. The Morgan fingerprint density at radius 2 is 1.67 bits per heavy atom. The number of hydrazone groups is 1. The first-order valence-electron chi connectivity index (χ1n) is 9.74. The minimum Gasteiger partial charge on any atom is -0.495 e. The number of anilines is 1. The van der Waals surface area contributed by atoms with Crippen molar-refractivity contribution in [1.82, 2.24) is 5.43 Å². The van der Waals surface area contributed by atoms with Crippen LogP contribution in [-0.4, -0.2) is 31.1 Å². The molecule has 0 heterocycles. The number of nitrogens with one attached hydrogen (secondary N) is 2. The van der Waals surface area contributed by atoms with Gasteiger partial charge in [-0.05, 0) is 48.9 Å². The van der Waals surface area contributed by atoms with Crippen LogP contribution in [0.15, 0.2) is 76.3 Å². The van der Waals surface area contributed by atoms with Crippen LogP contribution >= 0.6 is 15.9 Å². The van der Waals surface area contributed by atoms with E-state index in [4.69, 9.17) is 9.47 Å². The van der Waals surface area contributed by atoms with E-state index < -0.39 is 17.8 Å². The molecule has 2 amide bonds. The van der Waals surface area contributed by atoms with E-state index >= 15 is 0 Å². The van der Waals surface area contributed by atoms with Crippen molar-refractivity contribution >= 4 is 45.6 Å². The van der Waals surface area contributed by atoms with E-state index in [2.05, 4.69) is 31.8 Å². The molecule has 33 heavy (non-hydrogen) atoms. The number of para-hydroxylation sites is 2. The number of nitrogens with zero attached hydrogens (tertiary/aromatic N) is 1. The molecular weight excluding hydrogens is 490 g/mol. The molecule has 0 saturated carbocycles. The lowest BCUT2D eigenvalue weighted by atomic mass is 10.1. The van der Waals surface area contributed by atoms with Gasteiger partial charge < -0.3 is 14.8 Å². The van der Waals surface area contributed by atoms with E-state index in [0.29, 0.717) is 27.0 Å². The highest BCUT2D eigenvalue weighted by Crippen LogP contribution is 2.24. The molecule has 0 spiro atoms. The van der Waals surface area contributed by atoms with Crippen LogP contribution in [-0.2, 0) is 9.59 Å². The molecule has 0 saturated heterocycles. The maximum atomic E-state index is 12.6. The van der Waals surface area contributed by atoms with E-state index in [1.807, 2.05) is 19.1 Å². The SMILES string of the molecule is COc1ccccc1NC(=O)C(=O)N/N=C/c1cc(Br)ccc1OC(=O)c1ccccc1C. The van der Waals surface area contributed by atoms with Crippen LogP contribution in [0, 0.1) is 6.92 Å². The average molecular weight is 510 g/mol. The van der Waals surface area contributed by atoms with Gasteiger partial charge in [-0.2, -0.15) is 5.10 Å². The lowest BCUT2D eigenvalue weighted by Gasteiger charge is -2.10. The van der Waals surface area contributed by atoms with Crippen LogP contribution in [0.2, 0.25) is 0 Å². The molecule has 0 aliphatic rings.